The van der Waals surface area contributed by atoms with Crippen LogP contribution in [-0.2, 0) is 9.53 Å². The third kappa shape index (κ3) is 5.08. The van der Waals surface area contributed by atoms with E-state index in [1.165, 1.54) is 5.56 Å². The number of rotatable bonds is 5. The first-order valence-corrected chi connectivity index (χ1v) is 9.11. The number of morpholine rings is 1. The highest BCUT2D eigenvalue weighted by Gasteiger charge is 2.18. The summed E-state index contributed by atoms with van der Waals surface area (Å²) >= 11 is 0. The van der Waals surface area contributed by atoms with Gasteiger partial charge in [-0.3, -0.25) is 9.59 Å². The molecule has 1 fully saturated rings. The molecule has 0 unspecified atom stereocenters. The Morgan fingerprint density at radius 2 is 1.85 bits per heavy atom. The number of hydrogen-bond donors (Lipinski definition) is 2. The zero-order chi connectivity index (χ0) is 19.2. The fourth-order valence-corrected chi connectivity index (χ4v) is 3.07. The van der Waals surface area contributed by atoms with Crippen molar-refractivity contribution in [3.63, 3.8) is 0 Å². The summed E-state index contributed by atoms with van der Waals surface area (Å²) in [4.78, 5) is 26.6. The molecule has 0 saturated carbocycles. The summed E-state index contributed by atoms with van der Waals surface area (Å²) in [5, 5.41) is 5.99. The summed E-state index contributed by atoms with van der Waals surface area (Å²) in [6, 6.07) is 13.1. The van der Waals surface area contributed by atoms with Crippen LogP contribution in [0, 0.1) is 13.8 Å². The second-order valence-corrected chi connectivity index (χ2v) is 6.71. The van der Waals surface area contributed by atoms with E-state index in [2.05, 4.69) is 16.7 Å². The van der Waals surface area contributed by atoms with Gasteiger partial charge >= 0.3 is 0 Å². The van der Waals surface area contributed by atoms with Crippen molar-refractivity contribution in [2.45, 2.75) is 13.8 Å². The minimum absolute atomic E-state index is 0.0391. The predicted molar refractivity (Wildman–Crippen MR) is 106 cm³/mol. The quantitative estimate of drug-likeness (QED) is 0.853. The zero-order valence-corrected chi connectivity index (χ0v) is 15.7. The van der Waals surface area contributed by atoms with Crippen molar-refractivity contribution in [2.75, 3.05) is 43.5 Å². The van der Waals surface area contributed by atoms with Crippen LogP contribution in [0.1, 0.15) is 21.5 Å². The Kier molecular flexibility index (Phi) is 6.08. The molecule has 0 radical (unpaired) electrons. The zero-order valence-electron chi connectivity index (χ0n) is 15.7. The molecule has 0 aromatic heterocycles. The average Bonchev–Trinajstić information content (AvgIpc) is 2.67. The molecule has 1 aliphatic rings. The Morgan fingerprint density at radius 3 is 2.59 bits per heavy atom. The van der Waals surface area contributed by atoms with E-state index < -0.39 is 0 Å². The van der Waals surface area contributed by atoms with Crippen LogP contribution in [0.2, 0.25) is 0 Å². The van der Waals surface area contributed by atoms with E-state index in [0.29, 0.717) is 37.6 Å². The van der Waals surface area contributed by atoms with Gasteiger partial charge in [0.15, 0.2) is 0 Å². The lowest BCUT2D eigenvalue weighted by Gasteiger charge is -2.27. The van der Waals surface area contributed by atoms with Gasteiger partial charge in [-0.2, -0.15) is 0 Å². The van der Waals surface area contributed by atoms with Crippen molar-refractivity contribution >= 4 is 23.2 Å². The average molecular weight is 367 g/mol. The van der Waals surface area contributed by atoms with Crippen LogP contribution in [-0.4, -0.2) is 49.6 Å². The molecule has 0 atom stereocenters. The fraction of sp³-hybridized carbons (Fsp3) is 0.333. The largest absolute Gasteiger partial charge is 0.378 e. The predicted octanol–water partition coefficient (Wildman–Crippen LogP) is 2.83. The number of amides is 2. The van der Waals surface area contributed by atoms with Crippen LogP contribution in [0.4, 0.5) is 11.4 Å². The maximum atomic E-state index is 12.6. The SMILES string of the molecule is Cc1ccc(NCC(=O)Nc2cccc(C(=O)N3CCOCC3)c2)c(C)c1. The molecule has 1 saturated heterocycles. The van der Waals surface area contributed by atoms with Gasteiger partial charge in [0, 0.05) is 30.0 Å². The Bertz CT molecular complexity index is 829. The molecule has 27 heavy (non-hydrogen) atoms. The molecular weight excluding hydrogens is 342 g/mol. The second-order valence-electron chi connectivity index (χ2n) is 6.71. The van der Waals surface area contributed by atoms with Crippen LogP contribution in [0.25, 0.3) is 0 Å². The molecule has 0 spiro atoms. The van der Waals surface area contributed by atoms with Crippen molar-refractivity contribution in [3.05, 3.63) is 59.2 Å². The summed E-state index contributed by atoms with van der Waals surface area (Å²) < 4.78 is 5.28. The van der Waals surface area contributed by atoms with Crippen LogP contribution in [0.15, 0.2) is 42.5 Å². The van der Waals surface area contributed by atoms with E-state index in [0.717, 1.165) is 11.3 Å². The fourth-order valence-electron chi connectivity index (χ4n) is 3.07. The Labute approximate surface area is 159 Å². The summed E-state index contributed by atoms with van der Waals surface area (Å²) in [7, 11) is 0. The minimum atomic E-state index is -0.161. The molecule has 2 N–H and O–H groups in total. The maximum Gasteiger partial charge on any atom is 0.254 e. The highest BCUT2D eigenvalue weighted by atomic mass is 16.5. The van der Waals surface area contributed by atoms with E-state index in [1.807, 2.05) is 26.0 Å². The summed E-state index contributed by atoms with van der Waals surface area (Å²) in [5.74, 6) is -0.200. The third-order valence-corrected chi connectivity index (χ3v) is 4.51. The van der Waals surface area contributed by atoms with Gasteiger partial charge in [0.2, 0.25) is 5.91 Å². The van der Waals surface area contributed by atoms with Gasteiger partial charge in [0.25, 0.3) is 5.91 Å². The normalized spacial score (nSPS) is 13.9. The number of hydrogen-bond acceptors (Lipinski definition) is 4. The van der Waals surface area contributed by atoms with E-state index in [1.54, 1.807) is 29.2 Å². The number of aryl methyl sites for hydroxylation is 2. The minimum Gasteiger partial charge on any atom is -0.378 e. The molecule has 6 nitrogen and oxygen atoms in total. The highest BCUT2D eigenvalue weighted by Crippen LogP contribution is 2.16. The topological polar surface area (TPSA) is 70.7 Å². The standard InChI is InChI=1S/C21H25N3O3/c1-15-6-7-19(16(2)12-15)22-14-20(25)23-18-5-3-4-17(13-18)21(26)24-8-10-27-11-9-24/h3-7,12-13,22H,8-11,14H2,1-2H3,(H,23,25). The second kappa shape index (κ2) is 8.68. The van der Waals surface area contributed by atoms with Gasteiger partial charge in [-0.05, 0) is 43.7 Å². The molecule has 142 valence electrons. The van der Waals surface area contributed by atoms with Crippen LogP contribution in [0.5, 0.6) is 0 Å². The molecular formula is C21H25N3O3. The van der Waals surface area contributed by atoms with Gasteiger partial charge in [-0.1, -0.05) is 23.8 Å². The summed E-state index contributed by atoms with van der Waals surface area (Å²) in [5.41, 5.74) is 4.40. The monoisotopic (exact) mass is 367 g/mol. The first-order valence-electron chi connectivity index (χ1n) is 9.11. The van der Waals surface area contributed by atoms with Crippen molar-refractivity contribution in [1.29, 1.82) is 0 Å². The molecule has 2 amide bonds. The van der Waals surface area contributed by atoms with E-state index in [-0.39, 0.29) is 18.4 Å². The first kappa shape index (κ1) is 18.9. The van der Waals surface area contributed by atoms with E-state index in [4.69, 9.17) is 4.74 Å². The van der Waals surface area contributed by atoms with Crippen molar-refractivity contribution in [2.24, 2.45) is 0 Å². The van der Waals surface area contributed by atoms with Gasteiger partial charge in [0.05, 0.1) is 19.8 Å². The number of ether oxygens (including phenoxy) is 1. The number of carbonyl (C=O) groups excluding carboxylic acids is 2. The Morgan fingerprint density at radius 1 is 1.07 bits per heavy atom. The molecule has 0 bridgehead atoms. The van der Waals surface area contributed by atoms with Gasteiger partial charge in [-0.15, -0.1) is 0 Å². The van der Waals surface area contributed by atoms with Crippen molar-refractivity contribution in [1.82, 2.24) is 4.90 Å². The molecule has 0 aliphatic carbocycles. The van der Waals surface area contributed by atoms with Crippen LogP contribution < -0.4 is 10.6 Å². The number of carbonyl (C=O) groups is 2. The molecule has 1 aliphatic heterocycles. The van der Waals surface area contributed by atoms with Crippen molar-refractivity contribution in [3.8, 4) is 0 Å². The third-order valence-electron chi connectivity index (χ3n) is 4.51. The smallest absolute Gasteiger partial charge is 0.254 e. The van der Waals surface area contributed by atoms with Crippen LogP contribution >= 0.6 is 0 Å². The van der Waals surface area contributed by atoms with Gasteiger partial charge in [0.1, 0.15) is 0 Å². The van der Waals surface area contributed by atoms with Gasteiger partial charge in [-0.25, -0.2) is 0 Å². The Balaban J connectivity index is 1.58. The summed E-state index contributed by atoms with van der Waals surface area (Å²) in [6.45, 7) is 6.51. The lowest BCUT2D eigenvalue weighted by molar-refractivity contribution is -0.114. The lowest BCUT2D eigenvalue weighted by Crippen LogP contribution is -2.40. The van der Waals surface area contributed by atoms with Gasteiger partial charge < -0.3 is 20.3 Å². The number of anilines is 2. The van der Waals surface area contributed by atoms with E-state index in [9.17, 15) is 9.59 Å². The highest BCUT2D eigenvalue weighted by molar-refractivity contribution is 5.98. The lowest BCUT2D eigenvalue weighted by atomic mass is 10.1. The molecule has 6 heteroatoms. The molecule has 2 aromatic carbocycles. The number of nitrogens with zero attached hydrogens (tertiary/aromatic N) is 1. The van der Waals surface area contributed by atoms with E-state index >= 15 is 0 Å². The van der Waals surface area contributed by atoms with Crippen molar-refractivity contribution < 1.29 is 14.3 Å². The molecule has 2 aromatic rings. The first-order chi connectivity index (χ1) is 13.0. The molecule has 1 heterocycles. The molecule has 3 rings (SSSR count). The number of benzene rings is 2. The maximum absolute atomic E-state index is 12.6. The van der Waals surface area contributed by atoms with Crippen LogP contribution in [0.3, 0.4) is 0 Å². The Hall–Kier alpha value is -2.86. The summed E-state index contributed by atoms with van der Waals surface area (Å²) in [6.07, 6.45) is 0. The number of nitrogens with one attached hydrogen (secondary N) is 2.